The molecule has 0 radical (unpaired) electrons. The molecule has 1 aliphatic rings. The summed E-state index contributed by atoms with van der Waals surface area (Å²) in [5.41, 5.74) is 0. The Kier molecular flexibility index (Phi) is 4.79. The number of likely N-dealkylation sites (tertiary alicyclic amines) is 1. The topological polar surface area (TPSA) is 3.24 Å². The lowest BCUT2D eigenvalue weighted by Gasteiger charge is -2.36. The van der Waals surface area contributed by atoms with Crippen molar-refractivity contribution in [2.75, 3.05) is 13.1 Å². The molecule has 0 bridgehead atoms. The minimum absolute atomic E-state index is 0.897. The Morgan fingerprint density at radius 1 is 1.31 bits per heavy atom. The van der Waals surface area contributed by atoms with Crippen LogP contribution in [0.15, 0.2) is 0 Å². The van der Waals surface area contributed by atoms with Gasteiger partial charge in [-0.25, -0.2) is 0 Å². The predicted octanol–water partition coefficient (Wildman–Crippen LogP) is 3.30. The van der Waals surface area contributed by atoms with Crippen LogP contribution in [-0.4, -0.2) is 24.0 Å². The average Bonchev–Trinajstić information content (AvgIpc) is 2.18. The zero-order valence-corrected chi connectivity index (χ0v) is 9.55. The van der Waals surface area contributed by atoms with Crippen LogP contribution >= 0.6 is 0 Å². The first-order valence-corrected chi connectivity index (χ1v) is 6.02. The van der Waals surface area contributed by atoms with E-state index in [1.165, 1.54) is 45.2 Å². The first kappa shape index (κ1) is 11.0. The van der Waals surface area contributed by atoms with Gasteiger partial charge in [0.1, 0.15) is 0 Å². The summed E-state index contributed by atoms with van der Waals surface area (Å²) in [4.78, 5) is 2.68. The highest BCUT2D eigenvalue weighted by Crippen LogP contribution is 2.23. The minimum atomic E-state index is 0.897. The second-order valence-corrected chi connectivity index (χ2v) is 4.53. The number of piperidine rings is 1. The van der Waals surface area contributed by atoms with E-state index in [0.717, 1.165) is 12.0 Å². The Balaban J connectivity index is 2.35. The van der Waals surface area contributed by atoms with E-state index < -0.39 is 0 Å². The number of rotatable bonds is 4. The van der Waals surface area contributed by atoms with E-state index in [9.17, 15) is 0 Å². The molecular formula is C12H25N. The van der Waals surface area contributed by atoms with Crippen molar-refractivity contribution in [3.8, 4) is 0 Å². The van der Waals surface area contributed by atoms with Crippen molar-refractivity contribution >= 4 is 0 Å². The van der Waals surface area contributed by atoms with Gasteiger partial charge in [-0.3, -0.25) is 0 Å². The van der Waals surface area contributed by atoms with Gasteiger partial charge < -0.3 is 4.90 Å². The lowest BCUT2D eigenvalue weighted by atomic mass is 9.92. The van der Waals surface area contributed by atoms with Crippen LogP contribution in [0.25, 0.3) is 0 Å². The summed E-state index contributed by atoms with van der Waals surface area (Å²) in [7, 11) is 0. The second-order valence-electron chi connectivity index (χ2n) is 4.53. The Bertz CT molecular complexity index is 133. The van der Waals surface area contributed by atoms with Crippen molar-refractivity contribution in [2.45, 2.75) is 58.9 Å². The SMILES string of the molecule is CC[C@H](C)C[C@@H]1CCCCN1CC. The quantitative estimate of drug-likeness (QED) is 0.646. The summed E-state index contributed by atoms with van der Waals surface area (Å²) < 4.78 is 0. The summed E-state index contributed by atoms with van der Waals surface area (Å²) in [6.45, 7) is 9.60. The zero-order valence-electron chi connectivity index (χ0n) is 9.55. The summed E-state index contributed by atoms with van der Waals surface area (Å²) in [6, 6.07) is 0.897. The highest BCUT2D eigenvalue weighted by molar-refractivity contribution is 4.77. The molecule has 0 unspecified atom stereocenters. The molecule has 13 heavy (non-hydrogen) atoms. The molecular weight excluding hydrogens is 158 g/mol. The summed E-state index contributed by atoms with van der Waals surface area (Å²) in [6.07, 6.45) is 7.08. The van der Waals surface area contributed by atoms with Crippen LogP contribution in [-0.2, 0) is 0 Å². The molecule has 0 aromatic rings. The van der Waals surface area contributed by atoms with Gasteiger partial charge >= 0.3 is 0 Å². The molecule has 0 N–H and O–H groups in total. The lowest BCUT2D eigenvalue weighted by Crippen LogP contribution is -2.40. The predicted molar refractivity (Wildman–Crippen MR) is 59.0 cm³/mol. The molecule has 1 saturated heterocycles. The first-order valence-electron chi connectivity index (χ1n) is 6.02. The molecule has 78 valence electrons. The second kappa shape index (κ2) is 5.64. The molecule has 1 heteroatoms. The van der Waals surface area contributed by atoms with E-state index >= 15 is 0 Å². The van der Waals surface area contributed by atoms with Crippen molar-refractivity contribution in [3.05, 3.63) is 0 Å². The molecule has 1 rings (SSSR count). The summed E-state index contributed by atoms with van der Waals surface area (Å²) in [5, 5.41) is 0. The maximum Gasteiger partial charge on any atom is 0.00976 e. The van der Waals surface area contributed by atoms with Crippen molar-refractivity contribution < 1.29 is 0 Å². The third kappa shape index (κ3) is 3.30. The first-order chi connectivity index (χ1) is 6.27. The lowest BCUT2D eigenvalue weighted by molar-refractivity contribution is 0.133. The fraction of sp³-hybridized carbons (Fsp3) is 1.00. The van der Waals surface area contributed by atoms with Gasteiger partial charge in [-0.2, -0.15) is 0 Å². The van der Waals surface area contributed by atoms with E-state index in [1.807, 2.05) is 0 Å². The van der Waals surface area contributed by atoms with Crippen LogP contribution < -0.4 is 0 Å². The molecule has 0 amide bonds. The van der Waals surface area contributed by atoms with Crippen molar-refractivity contribution in [2.24, 2.45) is 5.92 Å². The van der Waals surface area contributed by atoms with Crippen molar-refractivity contribution in [1.29, 1.82) is 0 Å². The molecule has 0 aromatic heterocycles. The van der Waals surface area contributed by atoms with Gasteiger partial charge in [0, 0.05) is 6.04 Å². The highest BCUT2D eigenvalue weighted by atomic mass is 15.2. The molecule has 2 atom stereocenters. The van der Waals surface area contributed by atoms with E-state index in [2.05, 4.69) is 25.7 Å². The van der Waals surface area contributed by atoms with Crippen LogP contribution in [0.2, 0.25) is 0 Å². The normalized spacial score (nSPS) is 27.5. The van der Waals surface area contributed by atoms with Crippen molar-refractivity contribution in [3.63, 3.8) is 0 Å². The number of hydrogen-bond donors (Lipinski definition) is 0. The Morgan fingerprint density at radius 2 is 2.08 bits per heavy atom. The molecule has 0 saturated carbocycles. The van der Waals surface area contributed by atoms with E-state index in [-0.39, 0.29) is 0 Å². The molecule has 1 aliphatic heterocycles. The third-order valence-electron chi connectivity index (χ3n) is 3.53. The number of nitrogens with zero attached hydrogens (tertiary/aromatic N) is 1. The highest BCUT2D eigenvalue weighted by Gasteiger charge is 2.21. The van der Waals surface area contributed by atoms with Gasteiger partial charge in [0.15, 0.2) is 0 Å². The fourth-order valence-electron chi connectivity index (χ4n) is 2.37. The third-order valence-corrected chi connectivity index (χ3v) is 3.53. The van der Waals surface area contributed by atoms with Crippen LogP contribution in [0.5, 0.6) is 0 Å². The number of hydrogen-bond acceptors (Lipinski definition) is 1. The van der Waals surface area contributed by atoms with Crippen LogP contribution in [0.1, 0.15) is 52.9 Å². The Morgan fingerprint density at radius 3 is 2.69 bits per heavy atom. The van der Waals surface area contributed by atoms with Crippen LogP contribution in [0.4, 0.5) is 0 Å². The van der Waals surface area contributed by atoms with Gasteiger partial charge in [0.25, 0.3) is 0 Å². The molecule has 1 nitrogen and oxygen atoms in total. The summed E-state index contributed by atoms with van der Waals surface area (Å²) >= 11 is 0. The van der Waals surface area contributed by atoms with Gasteiger partial charge in [-0.1, -0.05) is 33.6 Å². The van der Waals surface area contributed by atoms with E-state index in [0.29, 0.717) is 0 Å². The molecule has 0 spiro atoms. The largest absolute Gasteiger partial charge is 0.301 e. The van der Waals surface area contributed by atoms with Gasteiger partial charge in [-0.05, 0) is 38.3 Å². The smallest absolute Gasteiger partial charge is 0.00976 e. The molecule has 0 aromatic carbocycles. The summed E-state index contributed by atoms with van der Waals surface area (Å²) in [5.74, 6) is 0.914. The van der Waals surface area contributed by atoms with Crippen molar-refractivity contribution in [1.82, 2.24) is 4.90 Å². The minimum Gasteiger partial charge on any atom is -0.301 e. The molecule has 1 heterocycles. The average molecular weight is 183 g/mol. The van der Waals surface area contributed by atoms with Gasteiger partial charge in [0.05, 0.1) is 0 Å². The zero-order chi connectivity index (χ0) is 9.68. The Hall–Kier alpha value is -0.0400. The van der Waals surface area contributed by atoms with Crippen LogP contribution in [0.3, 0.4) is 0 Å². The maximum atomic E-state index is 2.68. The standard InChI is InChI=1S/C12H25N/c1-4-11(3)10-12-8-6-7-9-13(12)5-2/h11-12H,4-10H2,1-3H3/t11-,12-/m0/s1. The Labute approximate surface area is 83.5 Å². The molecule has 1 fully saturated rings. The van der Waals surface area contributed by atoms with Gasteiger partial charge in [0.2, 0.25) is 0 Å². The van der Waals surface area contributed by atoms with Gasteiger partial charge in [-0.15, -0.1) is 0 Å². The monoisotopic (exact) mass is 183 g/mol. The van der Waals surface area contributed by atoms with Crippen LogP contribution in [0, 0.1) is 5.92 Å². The van der Waals surface area contributed by atoms with E-state index in [1.54, 1.807) is 0 Å². The maximum absolute atomic E-state index is 2.68. The fourth-order valence-corrected chi connectivity index (χ4v) is 2.37. The molecule has 0 aliphatic carbocycles. The van der Waals surface area contributed by atoms with E-state index in [4.69, 9.17) is 0 Å².